The van der Waals surface area contributed by atoms with Gasteiger partial charge in [0.2, 0.25) is 0 Å². The fourth-order valence-corrected chi connectivity index (χ4v) is 4.36. The Morgan fingerprint density at radius 2 is 2.06 bits per heavy atom. The van der Waals surface area contributed by atoms with Gasteiger partial charge in [-0.25, -0.2) is 4.39 Å². The summed E-state index contributed by atoms with van der Waals surface area (Å²) in [7, 11) is 2.99. The van der Waals surface area contributed by atoms with Crippen LogP contribution in [0, 0.1) is 5.82 Å². The van der Waals surface area contributed by atoms with Gasteiger partial charge in [-0.1, -0.05) is 23.2 Å². The topological polar surface area (TPSA) is 132 Å². The quantitative estimate of drug-likeness (QED) is 0.215. The lowest BCUT2D eigenvalue weighted by atomic mass is 9.94. The summed E-state index contributed by atoms with van der Waals surface area (Å²) >= 11 is 12.5. The second kappa shape index (κ2) is 11.3. The molecular weight excluding hydrogens is 502 g/mol. The van der Waals surface area contributed by atoms with Crippen LogP contribution in [0.15, 0.2) is 41.7 Å². The number of aromatic hydroxyl groups is 1. The average Bonchev–Trinajstić information content (AvgIpc) is 2.80. The Labute approximate surface area is 213 Å². The summed E-state index contributed by atoms with van der Waals surface area (Å²) in [5, 5.41) is 12.7. The fourth-order valence-electron chi connectivity index (χ4n) is 4.03. The fraction of sp³-hybridized carbons (Fsp3) is 0.522. The zero-order valence-corrected chi connectivity index (χ0v) is 21.1. The van der Waals surface area contributed by atoms with Gasteiger partial charge < -0.3 is 41.0 Å². The maximum absolute atomic E-state index is 13.1. The third kappa shape index (κ3) is 6.58. The van der Waals surface area contributed by atoms with E-state index in [0.29, 0.717) is 26.0 Å². The molecule has 1 saturated heterocycles. The molecule has 1 aromatic rings. The molecule has 35 heavy (non-hydrogen) atoms. The summed E-state index contributed by atoms with van der Waals surface area (Å²) in [5.41, 5.74) is 10.4. The molecule has 1 aliphatic carbocycles. The summed E-state index contributed by atoms with van der Waals surface area (Å²) < 4.78 is 27.8. The molecule has 12 heteroatoms. The van der Waals surface area contributed by atoms with Gasteiger partial charge in [-0.05, 0) is 37.1 Å². The van der Waals surface area contributed by atoms with Crippen LogP contribution in [0.4, 0.5) is 4.39 Å². The molecule has 1 aliphatic heterocycles. The second-order valence-electron chi connectivity index (χ2n) is 8.58. The SMILES string of the molecule is COC1=CC(N)(N)C(Cl)(Cl)C=C1C(=O)N[C@H]1CCN(CCCOc2ccc(F)cc2O)C[C@H]1OC. The Morgan fingerprint density at radius 1 is 1.31 bits per heavy atom. The predicted octanol–water partition coefficient (Wildman–Crippen LogP) is 1.76. The third-order valence-corrected chi connectivity index (χ3v) is 6.94. The van der Waals surface area contributed by atoms with Crippen molar-refractivity contribution in [3.05, 3.63) is 47.5 Å². The molecule has 194 valence electrons. The van der Waals surface area contributed by atoms with Crippen molar-refractivity contribution >= 4 is 29.1 Å². The van der Waals surface area contributed by atoms with Gasteiger partial charge in [0.05, 0.1) is 31.4 Å². The number of carbonyl (C=O) groups excluding carboxylic acids is 1. The van der Waals surface area contributed by atoms with E-state index in [2.05, 4.69) is 10.2 Å². The number of phenols is 1. The smallest absolute Gasteiger partial charge is 0.255 e. The minimum absolute atomic E-state index is 0.141. The Morgan fingerprint density at radius 3 is 2.71 bits per heavy atom. The number of benzene rings is 1. The summed E-state index contributed by atoms with van der Waals surface area (Å²) in [6.45, 7) is 2.40. The van der Waals surface area contributed by atoms with Crippen molar-refractivity contribution in [3.63, 3.8) is 0 Å². The van der Waals surface area contributed by atoms with Gasteiger partial charge in [-0.15, -0.1) is 0 Å². The molecule has 0 spiro atoms. The molecule has 0 bridgehead atoms. The van der Waals surface area contributed by atoms with Gasteiger partial charge in [0, 0.05) is 32.8 Å². The molecule has 0 saturated carbocycles. The van der Waals surface area contributed by atoms with E-state index in [1.165, 1.54) is 31.4 Å². The summed E-state index contributed by atoms with van der Waals surface area (Å²) in [4.78, 5) is 15.2. The highest BCUT2D eigenvalue weighted by molar-refractivity contribution is 6.51. The van der Waals surface area contributed by atoms with E-state index in [-0.39, 0.29) is 35.0 Å². The molecular formula is C23H31Cl2FN4O5. The number of rotatable bonds is 9. The lowest BCUT2D eigenvalue weighted by molar-refractivity contribution is -0.120. The largest absolute Gasteiger partial charge is 0.504 e. The van der Waals surface area contributed by atoms with Crippen molar-refractivity contribution in [1.82, 2.24) is 10.2 Å². The van der Waals surface area contributed by atoms with Crippen LogP contribution in [0.25, 0.3) is 0 Å². The van der Waals surface area contributed by atoms with Gasteiger partial charge in [0.25, 0.3) is 5.91 Å². The molecule has 3 rings (SSSR count). The van der Waals surface area contributed by atoms with E-state index in [0.717, 1.165) is 19.2 Å². The Hall–Kier alpha value is -2.08. The number of carbonyl (C=O) groups is 1. The lowest BCUT2D eigenvalue weighted by Crippen LogP contribution is -2.61. The van der Waals surface area contributed by atoms with Crippen LogP contribution in [0.5, 0.6) is 11.5 Å². The number of alkyl halides is 2. The number of methoxy groups -OCH3 is 2. The molecule has 2 aliphatic rings. The number of phenolic OH excluding ortho intramolecular Hbond substituents is 1. The molecule has 1 fully saturated rings. The number of likely N-dealkylation sites (tertiary alicyclic amines) is 1. The first kappa shape index (κ1) is 27.5. The molecule has 1 amide bonds. The van der Waals surface area contributed by atoms with Crippen LogP contribution < -0.4 is 21.5 Å². The highest BCUT2D eigenvalue weighted by Crippen LogP contribution is 2.39. The van der Waals surface area contributed by atoms with Gasteiger partial charge in [0.1, 0.15) is 17.2 Å². The summed E-state index contributed by atoms with van der Waals surface area (Å²) in [6.07, 6.45) is 3.70. The van der Waals surface area contributed by atoms with E-state index < -0.39 is 21.7 Å². The average molecular weight is 533 g/mol. The number of piperidine rings is 1. The second-order valence-corrected chi connectivity index (χ2v) is 9.97. The first-order valence-corrected chi connectivity index (χ1v) is 11.9. The number of amides is 1. The lowest BCUT2D eigenvalue weighted by Gasteiger charge is -2.39. The van der Waals surface area contributed by atoms with Crippen molar-refractivity contribution < 1.29 is 28.5 Å². The molecule has 0 unspecified atom stereocenters. The number of nitrogens with zero attached hydrogens (tertiary/aromatic N) is 1. The van der Waals surface area contributed by atoms with Crippen LogP contribution in [0.1, 0.15) is 12.8 Å². The standard InChI is InChI=1S/C23H31Cl2FN4O5/c1-33-19-12-23(27,28)22(24,25)11-15(19)21(32)29-16-6-8-30(13-20(16)34-2)7-3-9-35-18-5-4-14(26)10-17(18)31/h4-5,10-12,16,20,31H,3,6-9,13,27-28H2,1-2H3,(H,29,32)/t16-,20+/m0/s1. The number of ether oxygens (including phenoxy) is 3. The Kier molecular flexibility index (Phi) is 8.90. The number of halogens is 3. The minimum atomic E-state index is -1.70. The van der Waals surface area contributed by atoms with Gasteiger partial charge in [-0.2, -0.15) is 0 Å². The van der Waals surface area contributed by atoms with Crippen LogP contribution in [0.2, 0.25) is 0 Å². The maximum Gasteiger partial charge on any atom is 0.255 e. The Bertz CT molecular complexity index is 989. The monoisotopic (exact) mass is 532 g/mol. The van der Waals surface area contributed by atoms with Crippen molar-refractivity contribution in [2.45, 2.75) is 35.0 Å². The van der Waals surface area contributed by atoms with Crippen molar-refractivity contribution in [3.8, 4) is 11.5 Å². The molecule has 6 N–H and O–H groups in total. The van der Waals surface area contributed by atoms with Gasteiger partial charge in [0.15, 0.2) is 15.8 Å². The molecule has 1 heterocycles. The molecule has 1 aromatic carbocycles. The first-order valence-electron chi connectivity index (χ1n) is 11.1. The third-order valence-electron chi connectivity index (χ3n) is 6.06. The number of hydrogen-bond donors (Lipinski definition) is 4. The van der Waals surface area contributed by atoms with Crippen LogP contribution in [-0.2, 0) is 14.3 Å². The zero-order valence-electron chi connectivity index (χ0n) is 19.6. The minimum Gasteiger partial charge on any atom is -0.504 e. The summed E-state index contributed by atoms with van der Waals surface area (Å²) in [5.74, 6) is -0.760. The highest BCUT2D eigenvalue weighted by atomic mass is 35.5. The normalized spacial score (nSPS) is 23.7. The van der Waals surface area contributed by atoms with E-state index in [1.807, 2.05) is 0 Å². The number of nitrogens with two attached hydrogens (primary N) is 2. The molecule has 2 atom stereocenters. The highest BCUT2D eigenvalue weighted by Gasteiger charge is 2.46. The van der Waals surface area contributed by atoms with Crippen molar-refractivity contribution in [1.29, 1.82) is 0 Å². The van der Waals surface area contributed by atoms with Crippen molar-refractivity contribution in [2.75, 3.05) is 40.5 Å². The Balaban J connectivity index is 1.52. The van der Waals surface area contributed by atoms with Crippen LogP contribution in [0.3, 0.4) is 0 Å². The zero-order chi connectivity index (χ0) is 25.8. The van der Waals surface area contributed by atoms with Gasteiger partial charge in [-0.3, -0.25) is 4.79 Å². The van der Waals surface area contributed by atoms with E-state index in [1.54, 1.807) is 7.11 Å². The number of hydrogen-bond acceptors (Lipinski definition) is 8. The summed E-state index contributed by atoms with van der Waals surface area (Å²) in [6, 6.07) is 3.38. The first-order chi connectivity index (χ1) is 16.5. The number of nitrogens with one attached hydrogen (secondary N) is 1. The molecule has 0 radical (unpaired) electrons. The van der Waals surface area contributed by atoms with E-state index >= 15 is 0 Å². The van der Waals surface area contributed by atoms with E-state index in [4.69, 9.17) is 48.9 Å². The predicted molar refractivity (Wildman–Crippen MR) is 131 cm³/mol. The van der Waals surface area contributed by atoms with E-state index in [9.17, 15) is 14.3 Å². The molecule has 9 nitrogen and oxygen atoms in total. The molecule has 0 aromatic heterocycles. The maximum atomic E-state index is 13.1. The van der Waals surface area contributed by atoms with Crippen LogP contribution >= 0.6 is 23.2 Å². The van der Waals surface area contributed by atoms with Gasteiger partial charge >= 0.3 is 0 Å². The van der Waals surface area contributed by atoms with Crippen LogP contribution in [-0.4, -0.2) is 78.5 Å². The van der Waals surface area contributed by atoms with Crippen molar-refractivity contribution in [2.24, 2.45) is 11.5 Å².